The van der Waals surface area contributed by atoms with Crippen LogP contribution < -0.4 is 10.6 Å². The highest BCUT2D eigenvalue weighted by molar-refractivity contribution is 6.33. The topological polar surface area (TPSA) is 59.0 Å². The fourth-order valence-electron chi connectivity index (χ4n) is 1.73. The molecule has 1 atom stereocenters. The first-order valence-electron chi connectivity index (χ1n) is 6.44. The van der Waals surface area contributed by atoms with Crippen LogP contribution in [0.3, 0.4) is 0 Å². The van der Waals surface area contributed by atoms with Crippen molar-refractivity contribution in [3.8, 4) is 0 Å². The molecule has 6 heteroatoms. The first kappa shape index (κ1) is 14.4. The van der Waals surface area contributed by atoms with Gasteiger partial charge in [-0.2, -0.15) is 5.10 Å². The second kappa shape index (κ2) is 6.43. The fraction of sp³-hybridized carbons (Fsp3) is 0.286. The summed E-state index contributed by atoms with van der Waals surface area (Å²) in [4.78, 5) is 12.1. The van der Waals surface area contributed by atoms with Crippen molar-refractivity contribution >= 4 is 28.9 Å². The molecule has 0 saturated carbocycles. The largest absolute Gasteiger partial charge is 0.371 e. The molecule has 5 nitrogen and oxygen atoms in total. The van der Waals surface area contributed by atoms with E-state index in [1.165, 1.54) is 0 Å². The maximum atomic E-state index is 12.1. The number of halogens is 1. The van der Waals surface area contributed by atoms with Gasteiger partial charge in [0.2, 0.25) is 5.91 Å². The van der Waals surface area contributed by atoms with E-state index in [2.05, 4.69) is 15.7 Å². The number of nitrogens with one attached hydrogen (secondary N) is 2. The first-order chi connectivity index (χ1) is 9.60. The van der Waals surface area contributed by atoms with Crippen LogP contribution in [0.2, 0.25) is 5.02 Å². The summed E-state index contributed by atoms with van der Waals surface area (Å²) in [6.45, 7) is 4.58. The molecule has 1 heterocycles. The third-order valence-corrected chi connectivity index (χ3v) is 3.20. The van der Waals surface area contributed by atoms with Crippen molar-refractivity contribution in [1.82, 2.24) is 9.78 Å². The molecule has 2 aromatic rings. The quantitative estimate of drug-likeness (QED) is 0.890. The molecule has 0 saturated heterocycles. The van der Waals surface area contributed by atoms with Crippen LogP contribution >= 0.6 is 11.6 Å². The highest BCUT2D eigenvalue weighted by Gasteiger charge is 2.14. The summed E-state index contributed by atoms with van der Waals surface area (Å²) in [5.41, 5.74) is 1.42. The van der Waals surface area contributed by atoms with Crippen molar-refractivity contribution in [1.29, 1.82) is 0 Å². The number of anilines is 2. The van der Waals surface area contributed by atoms with E-state index in [4.69, 9.17) is 11.6 Å². The van der Waals surface area contributed by atoms with Crippen molar-refractivity contribution in [2.75, 3.05) is 10.6 Å². The van der Waals surface area contributed by atoms with Gasteiger partial charge >= 0.3 is 0 Å². The highest BCUT2D eigenvalue weighted by atomic mass is 35.5. The summed E-state index contributed by atoms with van der Waals surface area (Å²) in [5, 5.41) is 10.6. The average Bonchev–Trinajstić information content (AvgIpc) is 2.89. The number of hydrogen-bond acceptors (Lipinski definition) is 3. The van der Waals surface area contributed by atoms with Crippen LogP contribution in [-0.2, 0) is 11.3 Å². The molecule has 0 radical (unpaired) electrons. The molecule has 0 spiro atoms. The zero-order valence-corrected chi connectivity index (χ0v) is 12.2. The Morgan fingerprint density at radius 3 is 2.85 bits per heavy atom. The summed E-state index contributed by atoms with van der Waals surface area (Å²) >= 11 is 6.01. The van der Waals surface area contributed by atoms with Crippen molar-refractivity contribution in [2.24, 2.45) is 0 Å². The fourth-order valence-corrected chi connectivity index (χ4v) is 1.91. The predicted molar refractivity (Wildman–Crippen MR) is 81.1 cm³/mol. The molecule has 106 valence electrons. The van der Waals surface area contributed by atoms with Crippen LogP contribution in [0, 0.1) is 0 Å². The number of para-hydroxylation sites is 1. The number of carbonyl (C=O) groups is 1. The van der Waals surface area contributed by atoms with Crippen molar-refractivity contribution in [3.63, 3.8) is 0 Å². The smallest absolute Gasteiger partial charge is 0.246 e. The lowest BCUT2D eigenvalue weighted by molar-refractivity contribution is -0.116. The third kappa shape index (κ3) is 3.51. The summed E-state index contributed by atoms with van der Waals surface area (Å²) in [5.74, 6) is -0.151. The van der Waals surface area contributed by atoms with E-state index < -0.39 is 0 Å². The van der Waals surface area contributed by atoms with E-state index >= 15 is 0 Å². The van der Waals surface area contributed by atoms with Gasteiger partial charge in [-0.3, -0.25) is 9.48 Å². The monoisotopic (exact) mass is 292 g/mol. The second-order valence-corrected chi connectivity index (χ2v) is 4.83. The molecule has 1 amide bonds. The summed E-state index contributed by atoms with van der Waals surface area (Å²) in [7, 11) is 0. The van der Waals surface area contributed by atoms with Gasteiger partial charge in [0, 0.05) is 12.7 Å². The van der Waals surface area contributed by atoms with E-state index in [0.717, 1.165) is 12.2 Å². The minimum atomic E-state index is -0.388. The van der Waals surface area contributed by atoms with E-state index in [0.29, 0.717) is 10.7 Å². The summed E-state index contributed by atoms with van der Waals surface area (Å²) in [6, 6.07) is 6.76. The van der Waals surface area contributed by atoms with Crippen LogP contribution in [0.25, 0.3) is 0 Å². The maximum Gasteiger partial charge on any atom is 0.246 e. The van der Waals surface area contributed by atoms with E-state index in [1.807, 2.05) is 25.3 Å². The Morgan fingerprint density at radius 2 is 2.20 bits per heavy atom. The molecule has 0 aliphatic heterocycles. The van der Waals surface area contributed by atoms with Gasteiger partial charge in [0.05, 0.1) is 22.6 Å². The lowest BCUT2D eigenvalue weighted by Gasteiger charge is -2.14. The zero-order valence-electron chi connectivity index (χ0n) is 11.4. The molecule has 20 heavy (non-hydrogen) atoms. The molecule has 1 aromatic heterocycles. The molecular weight excluding hydrogens is 276 g/mol. The van der Waals surface area contributed by atoms with Gasteiger partial charge in [-0.1, -0.05) is 23.7 Å². The zero-order chi connectivity index (χ0) is 14.5. The number of benzene rings is 1. The Labute approximate surface area is 122 Å². The van der Waals surface area contributed by atoms with Gasteiger partial charge in [0.25, 0.3) is 0 Å². The molecule has 0 unspecified atom stereocenters. The molecule has 0 fully saturated rings. The number of aromatic nitrogens is 2. The Hall–Kier alpha value is -2.01. The molecule has 1 aromatic carbocycles. The molecule has 0 aliphatic carbocycles. The maximum absolute atomic E-state index is 12.1. The van der Waals surface area contributed by atoms with Gasteiger partial charge in [-0.25, -0.2) is 0 Å². The van der Waals surface area contributed by atoms with Crippen molar-refractivity contribution in [3.05, 3.63) is 41.7 Å². The Balaban J connectivity index is 1.97. The minimum absolute atomic E-state index is 0.151. The van der Waals surface area contributed by atoms with Crippen LogP contribution in [0.4, 0.5) is 11.4 Å². The van der Waals surface area contributed by atoms with Crippen LogP contribution in [-0.4, -0.2) is 21.7 Å². The summed E-state index contributed by atoms with van der Waals surface area (Å²) in [6.07, 6.45) is 3.56. The molecule has 0 bridgehead atoms. The van der Waals surface area contributed by atoms with Gasteiger partial charge in [-0.05, 0) is 26.0 Å². The van der Waals surface area contributed by atoms with Crippen LogP contribution in [0.15, 0.2) is 36.7 Å². The highest BCUT2D eigenvalue weighted by Crippen LogP contribution is 2.20. The lowest BCUT2D eigenvalue weighted by atomic mass is 10.2. The lowest BCUT2D eigenvalue weighted by Crippen LogP contribution is -2.31. The minimum Gasteiger partial charge on any atom is -0.371 e. The standard InChI is InChI=1S/C14H17ClN4O/c1-3-19-9-11(8-16-19)17-10(2)14(20)18-13-7-5-4-6-12(13)15/h4-10,17H,3H2,1-2H3,(H,18,20)/t10-/m1/s1. The number of carbonyl (C=O) groups excluding carboxylic acids is 1. The second-order valence-electron chi connectivity index (χ2n) is 4.42. The predicted octanol–water partition coefficient (Wildman–Crippen LogP) is 3.00. The van der Waals surface area contributed by atoms with Crippen LogP contribution in [0.1, 0.15) is 13.8 Å². The Kier molecular flexibility index (Phi) is 4.63. The van der Waals surface area contributed by atoms with Gasteiger partial charge in [0.1, 0.15) is 6.04 Å². The normalized spacial score (nSPS) is 11.9. The average molecular weight is 293 g/mol. The molecule has 2 N–H and O–H groups in total. The van der Waals surface area contributed by atoms with Gasteiger partial charge in [-0.15, -0.1) is 0 Å². The van der Waals surface area contributed by atoms with E-state index in [9.17, 15) is 4.79 Å². The third-order valence-electron chi connectivity index (χ3n) is 2.87. The number of aryl methyl sites for hydroxylation is 1. The Morgan fingerprint density at radius 1 is 1.45 bits per heavy atom. The number of hydrogen-bond donors (Lipinski definition) is 2. The Bertz CT molecular complexity index is 596. The van der Waals surface area contributed by atoms with Gasteiger partial charge in [0.15, 0.2) is 0 Å². The number of rotatable bonds is 5. The van der Waals surface area contributed by atoms with Gasteiger partial charge < -0.3 is 10.6 Å². The SMILES string of the molecule is CCn1cc(N[C@H](C)C(=O)Nc2ccccc2Cl)cn1. The molecule has 0 aliphatic rings. The van der Waals surface area contributed by atoms with Crippen molar-refractivity contribution < 1.29 is 4.79 Å². The van der Waals surface area contributed by atoms with Crippen LogP contribution in [0.5, 0.6) is 0 Å². The molecular formula is C14H17ClN4O. The number of nitrogens with zero attached hydrogens (tertiary/aromatic N) is 2. The summed E-state index contributed by atoms with van der Waals surface area (Å²) < 4.78 is 1.79. The first-order valence-corrected chi connectivity index (χ1v) is 6.82. The molecule has 2 rings (SSSR count). The number of amides is 1. The van der Waals surface area contributed by atoms with Crippen molar-refractivity contribution in [2.45, 2.75) is 26.4 Å². The van der Waals surface area contributed by atoms with E-state index in [1.54, 1.807) is 29.9 Å². The van der Waals surface area contributed by atoms with E-state index in [-0.39, 0.29) is 11.9 Å².